The molecular formula is C26H32ClN3O3. The van der Waals surface area contributed by atoms with Crippen molar-refractivity contribution in [1.82, 2.24) is 14.7 Å². The molecule has 2 heterocycles. The molecule has 7 heteroatoms. The lowest BCUT2D eigenvalue weighted by Gasteiger charge is -2.27. The Morgan fingerprint density at radius 2 is 1.97 bits per heavy atom. The monoisotopic (exact) mass is 469 g/mol. The van der Waals surface area contributed by atoms with Gasteiger partial charge in [0.2, 0.25) is 5.88 Å². The third-order valence-corrected chi connectivity index (χ3v) is 6.30. The molecule has 3 aromatic rings. The van der Waals surface area contributed by atoms with Gasteiger partial charge in [-0.2, -0.15) is 5.10 Å². The summed E-state index contributed by atoms with van der Waals surface area (Å²) >= 11 is 6.42. The fourth-order valence-electron chi connectivity index (χ4n) is 4.13. The first-order valence-electron chi connectivity index (χ1n) is 11.6. The minimum Gasteiger partial charge on any atom is -0.437 e. The number of para-hydroxylation sites is 2. The fourth-order valence-corrected chi connectivity index (χ4v) is 4.31. The minimum atomic E-state index is -0.399. The molecule has 1 aromatic heterocycles. The summed E-state index contributed by atoms with van der Waals surface area (Å²) in [7, 11) is 0. The lowest BCUT2D eigenvalue weighted by molar-refractivity contribution is 0.0451. The minimum absolute atomic E-state index is 0.187. The summed E-state index contributed by atoms with van der Waals surface area (Å²) in [6, 6.07) is 17.4. The lowest BCUT2D eigenvalue weighted by atomic mass is 10.1. The van der Waals surface area contributed by atoms with Gasteiger partial charge in [0.1, 0.15) is 5.75 Å². The van der Waals surface area contributed by atoms with Gasteiger partial charge < -0.3 is 14.6 Å². The highest BCUT2D eigenvalue weighted by atomic mass is 35.5. The van der Waals surface area contributed by atoms with Crippen LogP contribution in [0.1, 0.15) is 37.4 Å². The van der Waals surface area contributed by atoms with E-state index in [0.717, 1.165) is 42.9 Å². The van der Waals surface area contributed by atoms with Crippen molar-refractivity contribution in [2.45, 2.75) is 51.9 Å². The topological polar surface area (TPSA) is 59.8 Å². The average molecular weight is 470 g/mol. The summed E-state index contributed by atoms with van der Waals surface area (Å²) < 4.78 is 14.1. The number of rotatable bonds is 10. The first-order valence-corrected chi connectivity index (χ1v) is 12.0. The molecule has 0 bridgehead atoms. The van der Waals surface area contributed by atoms with Crippen molar-refractivity contribution >= 4 is 11.6 Å². The first kappa shape index (κ1) is 23.8. The number of nitrogens with zero attached hydrogens (tertiary/aromatic N) is 3. The predicted octanol–water partition coefficient (Wildman–Crippen LogP) is 5.38. The summed E-state index contributed by atoms with van der Waals surface area (Å²) in [5.41, 5.74) is 2.76. The summed E-state index contributed by atoms with van der Waals surface area (Å²) in [6.07, 6.45) is 2.62. The number of aromatic nitrogens is 2. The maximum atomic E-state index is 10.4. The summed E-state index contributed by atoms with van der Waals surface area (Å²) in [6.45, 7) is 6.72. The van der Waals surface area contributed by atoms with Crippen LogP contribution in [0.3, 0.4) is 0 Å². The molecule has 6 nitrogen and oxygen atoms in total. The second-order valence-electron chi connectivity index (χ2n) is 8.54. The van der Waals surface area contributed by atoms with Gasteiger partial charge in [0.05, 0.1) is 34.2 Å². The highest BCUT2D eigenvalue weighted by molar-refractivity contribution is 6.32. The molecule has 0 radical (unpaired) electrons. The van der Waals surface area contributed by atoms with E-state index in [1.165, 1.54) is 0 Å². The summed E-state index contributed by atoms with van der Waals surface area (Å²) in [5, 5.41) is 15.8. The maximum absolute atomic E-state index is 10.4. The zero-order valence-corrected chi connectivity index (χ0v) is 20.0. The number of halogens is 1. The quantitative estimate of drug-likeness (QED) is 0.432. The Morgan fingerprint density at radius 1 is 1.21 bits per heavy atom. The van der Waals surface area contributed by atoms with Crippen LogP contribution in [0, 0.1) is 6.92 Å². The number of hydrogen-bond donors (Lipinski definition) is 1. The number of benzene rings is 2. The molecule has 2 atom stereocenters. The van der Waals surface area contributed by atoms with Gasteiger partial charge in [-0.3, -0.25) is 4.90 Å². The molecule has 0 aliphatic carbocycles. The van der Waals surface area contributed by atoms with Gasteiger partial charge in [-0.05, 0) is 50.5 Å². The molecule has 0 saturated carbocycles. The largest absolute Gasteiger partial charge is 0.437 e. The predicted molar refractivity (Wildman–Crippen MR) is 130 cm³/mol. The normalized spacial score (nSPS) is 16.9. The molecular weight excluding hydrogens is 438 g/mol. The van der Waals surface area contributed by atoms with Crippen molar-refractivity contribution in [3.63, 3.8) is 0 Å². The van der Waals surface area contributed by atoms with Crippen molar-refractivity contribution in [2.24, 2.45) is 0 Å². The van der Waals surface area contributed by atoms with E-state index in [4.69, 9.17) is 26.2 Å². The van der Waals surface area contributed by atoms with Crippen LogP contribution in [0.5, 0.6) is 11.6 Å². The van der Waals surface area contributed by atoms with Crippen LogP contribution in [-0.2, 0) is 11.3 Å². The Labute approximate surface area is 200 Å². The highest BCUT2D eigenvalue weighted by Crippen LogP contribution is 2.35. The molecule has 2 unspecified atom stereocenters. The standard InChI is InChI=1S/C26H32ClN3O3/c1-3-21(31)16-29(17-22-12-9-15-32-22)18-23-19(2)28-30(20-10-5-4-6-11-20)26(23)33-25-14-8-7-13-24(25)27/h4-8,10-11,13-14,21-22,31H,3,9,12,15-18H2,1-2H3. The maximum Gasteiger partial charge on any atom is 0.227 e. The second kappa shape index (κ2) is 11.2. The van der Waals surface area contributed by atoms with E-state index in [9.17, 15) is 5.11 Å². The lowest BCUT2D eigenvalue weighted by Crippen LogP contribution is -2.37. The average Bonchev–Trinajstić information content (AvgIpc) is 3.44. The molecule has 1 saturated heterocycles. The van der Waals surface area contributed by atoms with Gasteiger partial charge in [-0.15, -0.1) is 0 Å². The molecule has 0 amide bonds. The van der Waals surface area contributed by atoms with Crippen molar-refractivity contribution in [3.8, 4) is 17.3 Å². The van der Waals surface area contributed by atoms with Gasteiger partial charge in [0.25, 0.3) is 0 Å². The number of ether oxygens (including phenoxy) is 2. The third-order valence-electron chi connectivity index (χ3n) is 5.99. The second-order valence-corrected chi connectivity index (χ2v) is 8.95. The Bertz CT molecular complexity index is 1030. The van der Waals surface area contributed by atoms with Crippen molar-refractivity contribution in [3.05, 3.63) is 70.9 Å². The van der Waals surface area contributed by atoms with Crippen LogP contribution in [-0.4, -0.2) is 51.7 Å². The summed E-state index contributed by atoms with van der Waals surface area (Å²) in [4.78, 5) is 2.25. The van der Waals surface area contributed by atoms with E-state index in [2.05, 4.69) is 4.90 Å². The molecule has 0 spiro atoms. The third kappa shape index (κ3) is 5.95. The summed E-state index contributed by atoms with van der Waals surface area (Å²) in [5.74, 6) is 1.21. The Balaban J connectivity index is 1.70. The van der Waals surface area contributed by atoms with E-state index in [-0.39, 0.29) is 6.10 Å². The molecule has 1 N–H and O–H groups in total. The van der Waals surface area contributed by atoms with Crippen LogP contribution in [0.2, 0.25) is 5.02 Å². The molecule has 33 heavy (non-hydrogen) atoms. The van der Waals surface area contributed by atoms with Gasteiger partial charge in [0.15, 0.2) is 0 Å². The molecule has 4 rings (SSSR count). The first-order chi connectivity index (χ1) is 16.0. The molecule has 1 aliphatic rings. The van der Waals surface area contributed by atoms with Gasteiger partial charge in [-0.25, -0.2) is 4.68 Å². The van der Waals surface area contributed by atoms with Crippen LogP contribution >= 0.6 is 11.6 Å². The van der Waals surface area contributed by atoms with Crippen LogP contribution in [0.4, 0.5) is 0 Å². The fraction of sp³-hybridized carbons (Fsp3) is 0.423. The van der Waals surface area contributed by atoms with Crippen LogP contribution in [0.25, 0.3) is 5.69 Å². The SMILES string of the molecule is CCC(O)CN(Cc1c(C)nn(-c2ccccc2)c1Oc1ccccc1Cl)CC1CCCO1. The molecule has 176 valence electrons. The van der Waals surface area contributed by atoms with E-state index in [0.29, 0.717) is 36.2 Å². The van der Waals surface area contributed by atoms with E-state index in [1.807, 2.05) is 73.1 Å². The number of hydrogen-bond acceptors (Lipinski definition) is 5. The van der Waals surface area contributed by atoms with E-state index < -0.39 is 6.10 Å². The molecule has 1 fully saturated rings. The number of aryl methyl sites for hydroxylation is 1. The Hall–Kier alpha value is -2.38. The Morgan fingerprint density at radius 3 is 2.67 bits per heavy atom. The van der Waals surface area contributed by atoms with Crippen molar-refractivity contribution < 1.29 is 14.6 Å². The highest BCUT2D eigenvalue weighted by Gasteiger charge is 2.26. The van der Waals surface area contributed by atoms with Crippen molar-refractivity contribution in [1.29, 1.82) is 0 Å². The van der Waals surface area contributed by atoms with E-state index >= 15 is 0 Å². The van der Waals surface area contributed by atoms with Crippen LogP contribution < -0.4 is 4.74 Å². The van der Waals surface area contributed by atoms with Crippen LogP contribution in [0.15, 0.2) is 54.6 Å². The van der Waals surface area contributed by atoms with Gasteiger partial charge in [-0.1, -0.05) is 48.9 Å². The van der Waals surface area contributed by atoms with Crippen molar-refractivity contribution in [2.75, 3.05) is 19.7 Å². The zero-order valence-electron chi connectivity index (χ0n) is 19.3. The smallest absolute Gasteiger partial charge is 0.227 e. The van der Waals surface area contributed by atoms with Gasteiger partial charge in [0, 0.05) is 26.2 Å². The van der Waals surface area contributed by atoms with E-state index in [1.54, 1.807) is 0 Å². The Kier molecular flexibility index (Phi) is 8.04. The number of aliphatic hydroxyl groups excluding tert-OH is 1. The molecule has 1 aliphatic heterocycles. The number of aliphatic hydroxyl groups is 1. The van der Waals surface area contributed by atoms with Gasteiger partial charge >= 0.3 is 0 Å². The molecule has 2 aromatic carbocycles. The zero-order chi connectivity index (χ0) is 23.2.